The van der Waals surface area contributed by atoms with Crippen LogP contribution in [0.15, 0.2) is 0 Å². The molecule has 2 aromatic heterocycles. The second-order valence-corrected chi connectivity index (χ2v) is 8.28. The van der Waals surface area contributed by atoms with Gasteiger partial charge in [0.05, 0.1) is 18.6 Å². The van der Waals surface area contributed by atoms with Gasteiger partial charge in [0.1, 0.15) is 16.5 Å². The summed E-state index contributed by atoms with van der Waals surface area (Å²) >= 11 is 1.90. The molecule has 2 aromatic rings. The summed E-state index contributed by atoms with van der Waals surface area (Å²) in [6.45, 7) is 10.2. The molecule has 2 aliphatic rings. The fourth-order valence-electron chi connectivity index (χ4n) is 3.60. The molecule has 1 aliphatic carbocycles. The van der Waals surface area contributed by atoms with Gasteiger partial charge < -0.3 is 9.64 Å². The zero-order chi connectivity index (χ0) is 16.0. The monoisotopic (exact) mass is 331 g/mol. The van der Waals surface area contributed by atoms with Gasteiger partial charge in [0.2, 0.25) is 0 Å². The molecule has 124 valence electrons. The van der Waals surface area contributed by atoms with Crippen molar-refractivity contribution in [3.63, 3.8) is 0 Å². The van der Waals surface area contributed by atoms with Crippen LogP contribution in [-0.4, -0.2) is 36.3 Å². The number of anilines is 1. The molecular formula is C18H25N3OS. The topological polar surface area (TPSA) is 38.2 Å². The minimum absolute atomic E-state index is 0.359. The quantitative estimate of drug-likeness (QED) is 0.839. The fraction of sp³-hybridized carbons (Fsp3) is 0.667. The van der Waals surface area contributed by atoms with Crippen LogP contribution in [0, 0.1) is 5.92 Å². The van der Waals surface area contributed by atoms with E-state index in [9.17, 15) is 0 Å². The Kier molecular flexibility index (Phi) is 4.01. The van der Waals surface area contributed by atoms with Gasteiger partial charge in [0.25, 0.3) is 0 Å². The third-order valence-electron chi connectivity index (χ3n) is 4.98. The molecule has 1 aliphatic heterocycles. The zero-order valence-corrected chi connectivity index (χ0v) is 15.1. The molecule has 0 amide bonds. The first-order valence-electron chi connectivity index (χ1n) is 8.78. The number of morpholine rings is 1. The number of nitrogens with zero attached hydrogens (tertiary/aromatic N) is 3. The van der Waals surface area contributed by atoms with E-state index in [0.29, 0.717) is 5.92 Å². The summed E-state index contributed by atoms with van der Waals surface area (Å²) in [4.78, 5) is 15.0. The highest BCUT2D eigenvalue weighted by molar-refractivity contribution is 7.19. The molecule has 5 heteroatoms. The maximum Gasteiger partial charge on any atom is 0.141 e. The van der Waals surface area contributed by atoms with E-state index in [2.05, 4.69) is 25.7 Å². The largest absolute Gasteiger partial charge is 0.378 e. The van der Waals surface area contributed by atoms with Crippen LogP contribution < -0.4 is 4.90 Å². The van der Waals surface area contributed by atoms with Gasteiger partial charge in [-0.1, -0.05) is 20.8 Å². The van der Waals surface area contributed by atoms with E-state index in [-0.39, 0.29) is 0 Å². The summed E-state index contributed by atoms with van der Waals surface area (Å²) in [7, 11) is 0. The van der Waals surface area contributed by atoms with Crippen molar-refractivity contribution in [1.29, 1.82) is 0 Å². The predicted molar refractivity (Wildman–Crippen MR) is 95.7 cm³/mol. The van der Waals surface area contributed by atoms with E-state index in [1.165, 1.54) is 35.0 Å². The maximum absolute atomic E-state index is 5.54. The lowest BCUT2D eigenvalue weighted by Gasteiger charge is -2.29. The van der Waals surface area contributed by atoms with E-state index < -0.39 is 0 Å². The third-order valence-corrected chi connectivity index (χ3v) is 6.13. The summed E-state index contributed by atoms with van der Waals surface area (Å²) in [5, 5.41) is 1.34. The minimum Gasteiger partial charge on any atom is -0.378 e. The van der Waals surface area contributed by atoms with Crippen molar-refractivity contribution < 1.29 is 4.74 Å². The molecule has 3 heterocycles. The predicted octanol–water partition coefficient (Wildman–Crippen LogP) is 3.78. The van der Waals surface area contributed by atoms with Crippen LogP contribution in [0.5, 0.6) is 0 Å². The zero-order valence-electron chi connectivity index (χ0n) is 14.3. The molecular weight excluding hydrogens is 306 g/mol. The molecule has 0 saturated carbocycles. The maximum atomic E-state index is 5.54. The molecule has 23 heavy (non-hydrogen) atoms. The van der Waals surface area contributed by atoms with Crippen LogP contribution in [0.3, 0.4) is 0 Å². The number of fused-ring (bicyclic) bond motifs is 3. The fourth-order valence-corrected chi connectivity index (χ4v) is 4.99. The molecule has 1 saturated heterocycles. The van der Waals surface area contributed by atoms with Crippen LogP contribution in [0.4, 0.5) is 5.82 Å². The highest BCUT2D eigenvalue weighted by Gasteiger charge is 2.26. The number of rotatable bonds is 2. The van der Waals surface area contributed by atoms with Gasteiger partial charge in [-0.2, -0.15) is 0 Å². The van der Waals surface area contributed by atoms with E-state index in [0.717, 1.165) is 43.9 Å². The van der Waals surface area contributed by atoms with Crippen molar-refractivity contribution in [3.8, 4) is 0 Å². The smallest absolute Gasteiger partial charge is 0.141 e. The lowest BCUT2D eigenvalue weighted by Crippen LogP contribution is -2.37. The number of hydrogen-bond donors (Lipinski definition) is 0. The minimum atomic E-state index is 0.359. The van der Waals surface area contributed by atoms with Crippen LogP contribution in [0.2, 0.25) is 0 Å². The Balaban J connectivity index is 1.90. The van der Waals surface area contributed by atoms with Crippen molar-refractivity contribution in [2.75, 3.05) is 31.2 Å². The van der Waals surface area contributed by atoms with Crippen molar-refractivity contribution in [3.05, 3.63) is 16.3 Å². The molecule has 0 unspecified atom stereocenters. The van der Waals surface area contributed by atoms with Crippen molar-refractivity contribution in [2.24, 2.45) is 5.92 Å². The lowest BCUT2D eigenvalue weighted by atomic mass is 9.89. The van der Waals surface area contributed by atoms with Crippen LogP contribution in [0.25, 0.3) is 10.2 Å². The van der Waals surface area contributed by atoms with Crippen molar-refractivity contribution in [2.45, 2.75) is 46.0 Å². The summed E-state index contributed by atoms with van der Waals surface area (Å²) in [5.74, 6) is 3.29. The normalized spacial score (nSPS) is 21.9. The van der Waals surface area contributed by atoms with Crippen LogP contribution >= 0.6 is 11.3 Å². The first-order chi connectivity index (χ1) is 11.1. The van der Waals surface area contributed by atoms with Gasteiger partial charge in [-0.15, -0.1) is 11.3 Å². The van der Waals surface area contributed by atoms with Gasteiger partial charge in [-0.3, -0.25) is 0 Å². The molecule has 0 radical (unpaired) electrons. The molecule has 0 aromatic carbocycles. The van der Waals surface area contributed by atoms with E-state index in [4.69, 9.17) is 14.7 Å². The van der Waals surface area contributed by atoms with E-state index >= 15 is 0 Å². The van der Waals surface area contributed by atoms with Crippen molar-refractivity contribution >= 4 is 27.4 Å². The SMILES string of the molecule is CC(C)c1nc(N2CCOCC2)c2c3c(sc2n1)C[C@H](C)CC3. The standard InChI is InChI=1S/C18H25N3OS/c1-11(2)16-19-17(21-6-8-22-9-7-21)15-13-5-4-12(3)10-14(13)23-18(15)20-16/h11-12H,4-10H2,1-3H3/t12-/m1/s1. The Bertz CT molecular complexity index is 719. The van der Waals surface area contributed by atoms with E-state index in [1.54, 1.807) is 4.88 Å². The molecule has 4 nitrogen and oxygen atoms in total. The summed E-state index contributed by atoms with van der Waals surface area (Å²) in [6.07, 6.45) is 3.67. The van der Waals surface area contributed by atoms with Gasteiger partial charge in [0.15, 0.2) is 0 Å². The molecule has 4 rings (SSSR count). The van der Waals surface area contributed by atoms with Gasteiger partial charge in [-0.05, 0) is 30.7 Å². The first kappa shape index (κ1) is 15.3. The first-order valence-corrected chi connectivity index (χ1v) is 9.60. The van der Waals surface area contributed by atoms with E-state index in [1.807, 2.05) is 11.3 Å². The average molecular weight is 331 g/mol. The number of aromatic nitrogens is 2. The molecule has 1 atom stereocenters. The Hall–Kier alpha value is -1.20. The van der Waals surface area contributed by atoms with Gasteiger partial charge in [-0.25, -0.2) is 9.97 Å². The lowest BCUT2D eigenvalue weighted by molar-refractivity contribution is 0.122. The summed E-state index contributed by atoms with van der Waals surface area (Å²) in [6, 6.07) is 0. The average Bonchev–Trinajstić information content (AvgIpc) is 2.91. The number of hydrogen-bond acceptors (Lipinski definition) is 5. The number of aryl methyl sites for hydroxylation is 1. The highest BCUT2D eigenvalue weighted by atomic mass is 32.1. The Morgan fingerprint density at radius 1 is 1.22 bits per heavy atom. The molecule has 0 spiro atoms. The summed E-state index contributed by atoms with van der Waals surface area (Å²) < 4.78 is 5.54. The van der Waals surface area contributed by atoms with Crippen molar-refractivity contribution in [1.82, 2.24) is 9.97 Å². The Morgan fingerprint density at radius 3 is 2.74 bits per heavy atom. The summed E-state index contributed by atoms with van der Waals surface area (Å²) in [5.41, 5.74) is 1.53. The second-order valence-electron chi connectivity index (χ2n) is 7.19. The van der Waals surface area contributed by atoms with Crippen LogP contribution in [-0.2, 0) is 17.6 Å². The third kappa shape index (κ3) is 2.74. The molecule has 1 fully saturated rings. The molecule has 0 N–H and O–H groups in total. The Morgan fingerprint density at radius 2 is 2.00 bits per heavy atom. The molecule has 0 bridgehead atoms. The highest BCUT2D eigenvalue weighted by Crippen LogP contribution is 2.41. The number of ether oxygens (including phenoxy) is 1. The van der Waals surface area contributed by atoms with Crippen LogP contribution in [0.1, 0.15) is 49.4 Å². The Labute approximate surface area is 141 Å². The second kappa shape index (κ2) is 6.02. The number of thiophene rings is 1. The van der Waals surface area contributed by atoms with Gasteiger partial charge in [0, 0.05) is 23.9 Å². The van der Waals surface area contributed by atoms with Gasteiger partial charge >= 0.3 is 0 Å².